The molecule has 4 rings (SSSR count). The van der Waals surface area contributed by atoms with Crippen LogP contribution in [-0.4, -0.2) is 28.5 Å². The van der Waals surface area contributed by atoms with Crippen molar-refractivity contribution in [2.24, 2.45) is 0 Å². The molecule has 1 aromatic heterocycles. The number of carbonyl (C=O) groups is 3. The highest BCUT2D eigenvalue weighted by molar-refractivity contribution is 8.00. The minimum Gasteiger partial charge on any atom is -0.325 e. The second-order valence-corrected chi connectivity index (χ2v) is 10.3. The smallest absolute Gasteiger partial charge is 0.272 e. The summed E-state index contributed by atoms with van der Waals surface area (Å²) in [5.74, 6) is -0.418. The van der Waals surface area contributed by atoms with Crippen LogP contribution in [-0.2, 0) is 9.59 Å². The zero-order chi connectivity index (χ0) is 28.3. The summed E-state index contributed by atoms with van der Waals surface area (Å²) in [4.78, 5) is 43.3. The third-order valence-corrected chi connectivity index (χ3v) is 6.86. The number of pyridine rings is 1. The highest BCUT2D eigenvalue weighted by Gasteiger charge is 2.16. The molecule has 3 N–H and O–H groups in total. The van der Waals surface area contributed by atoms with Crippen molar-refractivity contribution in [2.45, 2.75) is 24.7 Å². The van der Waals surface area contributed by atoms with E-state index in [9.17, 15) is 14.4 Å². The maximum Gasteiger partial charge on any atom is 0.272 e. The van der Waals surface area contributed by atoms with E-state index in [1.807, 2.05) is 36.4 Å². The van der Waals surface area contributed by atoms with Gasteiger partial charge in [-0.15, -0.1) is 11.8 Å². The number of carbonyl (C=O) groups excluding carboxylic acids is 3. The SMILES string of the molecule is CC(C)c1ccc(/C=C(/NC(=O)c2ccccc2)C(=O)Nc2cccc(SCC(=O)Nc3ccncc3)c2)cc1. The first-order chi connectivity index (χ1) is 19.4. The van der Waals surface area contributed by atoms with Crippen LogP contribution in [0.2, 0.25) is 0 Å². The summed E-state index contributed by atoms with van der Waals surface area (Å²) in [6.45, 7) is 4.23. The van der Waals surface area contributed by atoms with Crippen molar-refractivity contribution in [2.75, 3.05) is 16.4 Å². The van der Waals surface area contributed by atoms with Crippen molar-refractivity contribution >= 4 is 46.9 Å². The Morgan fingerprint density at radius 1 is 0.825 bits per heavy atom. The molecule has 0 saturated carbocycles. The molecule has 0 bridgehead atoms. The lowest BCUT2D eigenvalue weighted by molar-refractivity contribution is -0.114. The van der Waals surface area contributed by atoms with Gasteiger partial charge in [0, 0.05) is 34.2 Å². The fourth-order valence-corrected chi connectivity index (χ4v) is 4.48. The van der Waals surface area contributed by atoms with Crippen LogP contribution in [0.5, 0.6) is 0 Å². The van der Waals surface area contributed by atoms with Crippen LogP contribution in [0, 0.1) is 0 Å². The van der Waals surface area contributed by atoms with Gasteiger partial charge in [0.25, 0.3) is 11.8 Å². The number of hydrogen-bond acceptors (Lipinski definition) is 5. The molecule has 0 aliphatic rings. The Labute approximate surface area is 238 Å². The molecule has 40 heavy (non-hydrogen) atoms. The van der Waals surface area contributed by atoms with Crippen molar-refractivity contribution in [3.05, 3.63) is 126 Å². The maximum atomic E-state index is 13.4. The molecule has 0 aliphatic heterocycles. The minimum atomic E-state index is -0.463. The standard InChI is InChI=1S/C32H30N4O3S/c1-22(2)24-13-11-23(12-14-24)19-29(36-31(38)25-7-4-3-5-8-25)32(39)35-27-9-6-10-28(20-27)40-21-30(37)34-26-15-17-33-18-16-26/h3-20,22H,21H2,1-2H3,(H,35,39)(H,36,38)(H,33,34,37)/b29-19+. The van der Waals surface area contributed by atoms with Gasteiger partial charge in [-0.2, -0.15) is 0 Å². The summed E-state index contributed by atoms with van der Waals surface area (Å²) in [5.41, 5.74) is 3.74. The van der Waals surface area contributed by atoms with Gasteiger partial charge in [-0.25, -0.2) is 0 Å². The summed E-state index contributed by atoms with van der Waals surface area (Å²) >= 11 is 1.35. The number of benzene rings is 3. The molecule has 0 unspecified atom stereocenters. The van der Waals surface area contributed by atoms with Crippen LogP contribution >= 0.6 is 11.8 Å². The molecule has 0 aliphatic carbocycles. The zero-order valence-corrected chi connectivity index (χ0v) is 23.1. The Morgan fingerprint density at radius 3 is 2.25 bits per heavy atom. The molecule has 0 spiro atoms. The van der Waals surface area contributed by atoms with Gasteiger partial charge in [0.1, 0.15) is 5.70 Å². The van der Waals surface area contributed by atoms with Crippen molar-refractivity contribution in [3.63, 3.8) is 0 Å². The van der Waals surface area contributed by atoms with E-state index in [1.165, 1.54) is 17.3 Å². The van der Waals surface area contributed by atoms with Crippen molar-refractivity contribution in [1.29, 1.82) is 0 Å². The molecule has 202 valence electrons. The zero-order valence-electron chi connectivity index (χ0n) is 22.3. The lowest BCUT2D eigenvalue weighted by atomic mass is 10.0. The van der Waals surface area contributed by atoms with Crippen LogP contribution in [0.15, 0.2) is 114 Å². The Balaban J connectivity index is 1.47. The molecule has 0 atom stereocenters. The number of aromatic nitrogens is 1. The Kier molecular flexibility index (Phi) is 9.85. The first-order valence-corrected chi connectivity index (χ1v) is 13.8. The summed E-state index contributed by atoms with van der Waals surface area (Å²) in [5, 5.41) is 8.46. The van der Waals surface area contributed by atoms with E-state index in [0.717, 1.165) is 10.5 Å². The number of anilines is 2. The van der Waals surface area contributed by atoms with E-state index in [4.69, 9.17) is 0 Å². The van der Waals surface area contributed by atoms with E-state index in [2.05, 4.69) is 34.8 Å². The summed E-state index contributed by atoms with van der Waals surface area (Å²) in [7, 11) is 0. The quantitative estimate of drug-likeness (QED) is 0.158. The Bertz CT molecular complexity index is 1490. The molecule has 1 heterocycles. The van der Waals surface area contributed by atoms with E-state index >= 15 is 0 Å². The van der Waals surface area contributed by atoms with Gasteiger partial charge >= 0.3 is 0 Å². The lowest BCUT2D eigenvalue weighted by Crippen LogP contribution is -2.30. The Morgan fingerprint density at radius 2 is 1.55 bits per heavy atom. The number of hydrogen-bond donors (Lipinski definition) is 3. The number of nitrogens with zero attached hydrogens (tertiary/aromatic N) is 1. The monoisotopic (exact) mass is 550 g/mol. The topological polar surface area (TPSA) is 100 Å². The van der Waals surface area contributed by atoms with Gasteiger partial charge in [0.2, 0.25) is 5.91 Å². The van der Waals surface area contributed by atoms with E-state index in [0.29, 0.717) is 22.9 Å². The molecule has 7 nitrogen and oxygen atoms in total. The van der Waals surface area contributed by atoms with Gasteiger partial charge < -0.3 is 16.0 Å². The van der Waals surface area contributed by atoms with Crippen molar-refractivity contribution in [1.82, 2.24) is 10.3 Å². The predicted molar refractivity (Wildman–Crippen MR) is 161 cm³/mol. The molecular formula is C32H30N4O3S. The molecule has 0 radical (unpaired) electrons. The second kappa shape index (κ2) is 13.9. The summed E-state index contributed by atoms with van der Waals surface area (Å²) in [6.07, 6.45) is 4.88. The molecule has 0 fully saturated rings. The summed E-state index contributed by atoms with van der Waals surface area (Å²) < 4.78 is 0. The minimum absolute atomic E-state index is 0.112. The average molecular weight is 551 g/mol. The third kappa shape index (κ3) is 8.41. The third-order valence-electron chi connectivity index (χ3n) is 5.87. The molecule has 0 saturated heterocycles. The normalized spacial score (nSPS) is 11.1. The van der Waals surface area contributed by atoms with Gasteiger partial charge in [-0.3, -0.25) is 19.4 Å². The lowest BCUT2D eigenvalue weighted by Gasteiger charge is -2.13. The fourth-order valence-electron chi connectivity index (χ4n) is 3.73. The van der Waals surface area contributed by atoms with Gasteiger partial charge in [-0.1, -0.05) is 62.4 Å². The highest BCUT2D eigenvalue weighted by atomic mass is 32.2. The summed E-state index contributed by atoms with van der Waals surface area (Å²) in [6, 6.07) is 27.3. The van der Waals surface area contributed by atoms with Gasteiger partial charge in [0.15, 0.2) is 0 Å². The fraction of sp³-hybridized carbons (Fsp3) is 0.125. The van der Waals surface area contributed by atoms with Crippen LogP contribution in [0.1, 0.15) is 41.3 Å². The predicted octanol–water partition coefficient (Wildman–Crippen LogP) is 6.35. The molecule has 8 heteroatoms. The number of rotatable bonds is 10. The van der Waals surface area contributed by atoms with Crippen LogP contribution < -0.4 is 16.0 Å². The highest BCUT2D eigenvalue weighted by Crippen LogP contribution is 2.23. The number of amides is 3. The molecule has 3 amide bonds. The average Bonchev–Trinajstić information content (AvgIpc) is 2.97. The van der Waals surface area contributed by atoms with Crippen molar-refractivity contribution in [3.8, 4) is 0 Å². The van der Waals surface area contributed by atoms with Gasteiger partial charge in [-0.05, 0) is 65.6 Å². The molecule has 3 aromatic carbocycles. The largest absolute Gasteiger partial charge is 0.325 e. The van der Waals surface area contributed by atoms with Crippen LogP contribution in [0.3, 0.4) is 0 Å². The van der Waals surface area contributed by atoms with E-state index in [-0.39, 0.29) is 23.3 Å². The Hall–Kier alpha value is -4.69. The second-order valence-electron chi connectivity index (χ2n) is 9.25. The molecular weight excluding hydrogens is 520 g/mol. The number of nitrogens with one attached hydrogen (secondary N) is 3. The van der Waals surface area contributed by atoms with Crippen molar-refractivity contribution < 1.29 is 14.4 Å². The van der Waals surface area contributed by atoms with Crippen LogP contribution in [0.25, 0.3) is 6.08 Å². The van der Waals surface area contributed by atoms with Crippen LogP contribution in [0.4, 0.5) is 11.4 Å². The molecule has 4 aromatic rings. The van der Waals surface area contributed by atoms with E-state index < -0.39 is 5.91 Å². The first-order valence-electron chi connectivity index (χ1n) is 12.8. The first kappa shape index (κ1) is 28.3. The number of thioether (sulfide) groups is 1. The maximum absolute atomic E-state index is 13.4. The van der Waals surface area contributed by atoms with Gasteiger partial charge in [0.05, 0.1) is 5.75 Å². The van der Waals surface area contributed by atoms with E-state index in [1.54, 1.807) is 73.1 Å².